The van der Waals surface area contributed by atoms with Crippen LogP contribution in [0, 0.1) is 13.8 Å². The van der Waals surface area contributed by atoms with Crippen LogP contribution < -0.4 is 0 Å². The summed E-state index contributed by atoms with van der Waals surface area (Å²) in [7, 11) is 0. The average Bonchev–Trinajstić information content (AvgIpc) is 2.27. The average molecular weight is 241 g/mol. The van der Waals surface area contributed by atoms with Crippen LogP contribution in [-0.2, 0) is 11.2 Å². The molecule has 0 aliphatic heterocycles. The Hall–Kier alpha value is -2.16. The summed E-state index contributed by atoms with van der Waals surface area (Å²) >= 11 is 0. The van der Waals surface area contributed by atoms with E-state index in [0.717, 1.165) is 16.8 Å². The number of aryl methyl sites for hydroxylation is 2. The molecular formula is C15H15NO2. The zero-order valence-electron chi connectivity index (χ0n) is 10.5. The fourth-order valence-electron chi connectivity index (χ4n) is 2.00. The molecule has 2 aromatic rings. The number of rotatable bonds is 3. The highest BCUT2D eigenvalue weighted by atomic mass is 16.4. The number of aliphatic carboxylic acids is 1. The largest absolute Gasteiger partial charge is 0.481 e. The Morgan fingerprint density at radius 2 is 1.83 bits per heavy atom. The van der Waals surface area contributed by atoms with Crippen molar-refractivity contribution < 1.29 is 9.90 Å². The number of carboxylic acid groups (broad SMARTS) is 1. The Bertz CT molecular complexity index is 553. The van der Waals surface area contributed by atoms with Gasteiger partial charge in [-0.1, -0.05) is 23.3 Å². The van der Waals surface area contributed by atoms with Crippen molar-refractivity contribution in [3.8, 4) is 11.3 Å². The molecule has 0 amide bonds. The van der Waals surface area contributed by atoms with Gasteiger partial charge in [0.1, 0.15) is 0 Å². The Kier molecular flexibility index (Phi) is 3.42. The van der Waals surface area contributed by atoms with Gasteiger partial charge in [-0.3, -0.25) is 9.78 Å². The summed E-state index contributed by atoms with van der Waals surface area (Å²) in [5.41, 5.74) is 5.05. The fourth-order valence-corrected chi connectivity index (χ4v) is 2.00. The topological polar surface area (TPSA) is 50.2 Å². The lowest BCUT2D eigenvalue weighted by Crippen LogP contribution is -2.00. The fraction of sp³-hybridized carbons (Fsp3) is 0.200. The molecule has 1 heterocycles. The van der Waals surface area contributed by atoms with Gasteiger partial charge in [0.05, 0.1) is 12.1 Å². The first-order chi connectivity index (χ1) is 8.54. The molecule has 0 unspecified atom stereocenters. The summed E-state index contributed by atoms with van der Waals surface area (Å²) in [5, 5.41) is 8.70. The number of pyridine rings is 1. The van der Waals surface area contributed by atoms with Crippen LogP contribution in [0.4, 0.5) is 0 Å². The highest BCUT2D eigenvalue weighted by Crippen LogP contribution is 2.20. The third-order valence-electron chi connectivity index (χ3n) is 2.70. The molecule has 1 aromatic heterocycles. The first-order valence-corrected chi connectivity index (χ1v) is 5.80. The predicted molar refractivity (Wildman–Crippen MR) is 70.5 cm³/mol. The standard InChI is InChI=1S/C15H15NO2/c1-10-5-11(2)7-13(6-10)14-4-3-12(9-16-14)8-15(17)18/h3-7,9H,8H2,1-2H3,(H,17,18). The summed E-state index contributed by atoms with van der Waals surface area (Å²) in [6.45, 7) is 4.10. The molecule has 0 aliphatic carbocycles. The van der Waals surface area contributed by atoms with Crippen molar-refractivity contribution in [3.63, 3.8) is 0 Å². The van der Waals surface area contributed by atoms with Gasteiger partial charge in [0.25, 0.3) is 0 Å². The van der Waals surface area contributed by atoms with Crippen LogP contribution in [0.25, 0.3) is 11.3 Å². The number of aromatic nitrogens is 1. The molecule has 3 heteroatoms. The first kappa shape index (κ1) is 12.3. The van der Waals surface area contributed by atoms with Crippen LogP contribution in [0.3, 0.4) is 0 Å². The molecule has 0 atom stereocenters. The van der Waals surface area contributed by atoms with Crippen molar-refractivity contribution in [1.29, 1.82) is 0 Å². The Labute approximate surface area is 106 Å². The number of hydrogen-bond acceptors (Lipinski definition) is 2. The van der Waals surface area contributed by atoms with Gasteiger partial charge in [0, 0.05) is 11.8 Å². The van der Waals surface area contributed by atoms with Crippen LogP contribution in [0.2, 0.25) is 0 Å². The lowest BCUT2D eigenvalue weighted by molar-refractivity contribution is -0.136. The zero-order chi connectivity index (χ0) is 13.1. The smallest absolute Gasteiger partial charge is 0.307 e. The summed E-state index contributed by atoms with van der Waals surface area (Å²) in [6, 6.07) is 9.95. The summed E-state index contributed by atoms with van der Waals surface area (Å²) < 4.78 is 0. The quantitative estimate of drug-likeness (QED) is 0.898. The zero-order valence-corrected chi connectivity index (χ0v) is 10.5. The molecule has 1 aromatic carbocycles. The van der Waals surface area contributed by atoms with E-state index in [1.807, 2.05) is 12.1 Å². The van der Waals surface area contributed by atoms with E-state index in [2.05, 4.69) is 37.0 Å². The van der Waals surface area contributed by atoms with Gasteiger partial charge in [0.15, 0.2) is 0 Å². The van der Waals surface area contributed by atoms with Crippen LogP contribution in [0.1, 0.15) is 16.7 Å². The number of carboxylic acids is 1. The van der Waals surface area contributed by atoms with Crippen molar-refractivity contribution >= 4 is 5.97 Å². The van der Waals surface area contributed by atoms with Gasteiger partial charge >= 0.3 is 5.97 Å². The SMILES string of the molecule is Cc1cc(C)cc(-c2ccc(CC(=O)O)cn2)c1. The summed E-state index contributed by atoms with van der Waals surface area (Å²) in [4.78, 5) is 14.9. The van der Waals surface area contributed by atoms with Crippen molar-refractivity contribution in [2.75, 3.05) is 0 Å². The second kappa shape index (κ2) is 5.00. The van der Waals surface area contributed by atoms with E-state index >= 15 is 0 Å². The normalized spacial score (nSPS) is 10.3. The molecule has 0 radical (unpaired) electrons. The molecule has 2 rings (SSSR count). The maximum atomic E-state index is 10.6. The van der Waals surface area contributed by atoms with E-state index in [1.165, 1.54) is 11.1 Å². The van der Waals surface area contributed by atoms with E-state index in [9.17, 15) is 4.79 Å². The van der Waals surface area contributed by atoms with E-state index < -0.39 is 5.97 Å². The van der Waals surface area contributed by atoms with E-state index in [1.54, 1.807) is 6.20 Å². The molecule has 18 heavy (non-hydrogen) atoms. The van der Waals surface area contributed by atoms with Gasteiger partial charge in [0.2, 0.25) is 0 Å². The number of benzene rings is 1. The minimum atomic E-state index is -0.837. The molecular weight excluding hydrogens is 226 g/mol. The van der Waals surface area contributed by atoms with Crippen LogP contribution in [0.5, 0.6) is 0 Å². The molecule has 0 saturated carbocycles. The van der Waals surface area contributed by atoms with Gasteiger partial charge in [-0.15, -0.1) is 0 Å². The van der Waals surface area contributed by atoms with Gasteiger partial charge in [-0.05, 0) is 37.6 Å². The lowest BCUT2D eigenvalue weighted by atomic mass is 10.0. The summed E-state index contributed by atoms with van der Waals surface area (Å²) in [6.07, 6.45) is 1.64. The maximum absolute atomic E-state index is 10.6. The highest BCUT2D eigenvalue weighted by molar-refractivity contribution is 5.70. The van der Waals surface area contributed by atoms with E-state index in [4.69, 9.17) is 5.11 Å². The number of hydrogen-bond donors (Lipinski definition) is 1. The first-order valence-electron chi connectivity index (χ1n) is 5.80. The van der Waals surface area contributed by atoms with Gasteiger partial charge < -0.3 is 5.11 Å². The lowest BCUT2D eigenvalue weighted by Gasteiger charge is -2.05. The third kappa shape index (κ3) is 2.94. The van der Waals surface area contributed by atoms with Crippen molar-refractivity contribution in [2.24, 2.45) is 0 Å². The molecule has 92 valence electrons. The van der Waals surface area contributed by atoms with Crippen LogP contribution in [0.15, 0.2) is 36.5 Å². The molecule has 0 spiro atoms. The van der Waals surface area contributed by atoms with Gasteiger partial charge in [-0.25, -0.2) is 0 Å². The molecule has 1 N–H and O–H groups in total. The predicted octanol–water partition coefficient (Wildman–Crippen LogP) is 2.99. The molecule has 0 saturated heterocycles. The highest BCUT2D eigenvalue weighted by Gasteiger charge is 2.04. The Morgan fingerprint density at radius 3 is 2.33 bits per heavy atom. The number of nitrogens with zero attached hydrogens (tertiary/aromatic N) is 1. The second-order valence-electron chi connectivity index (χ2n) is 4.50. The van der Waals surface area contributed by atoms with Crippen LogP contribution >= 0.6 is 0 Å². The van der Waals surface area contributed by atoms with Crippen molar-refractivity contribution in [2.45, 2.75) is 20.3 Å². The molecule has 3 nitrogen and oxygen atoms in total. The third-order valence-corrected chi connectivity index (χ3v) is 2.70. The molecule has 0 bridgehead atoms. The van der Waals surface area contributed by atoms with Gasteiger partial charge in [-0.2, -0.15) is 0 Å². The van der Waals surface area contributed by atoms with E-state index in [-0.39, 0.29) is 6.42 Å². The van der Waals surface area contributed by atoms with Crippen LogP contribution in [-0.4, -0.2) is 16.1 Å². The second-order valence-corrected chi connectivity index (χ2v) is 4.50. The summed E-state index contributed by atoms with van der Waals surface area (Å²) in [5.74, 6) is -0.837. The number of carbonyl (C=O) groups is 1. The minimum absolute atomic E-state index is 0.0140. The van der Waals surface area contributed by atoms with Crippen molar-refractivity contribution in [1.82, 2.24) is 4.98 Å². The Morgan fingerprint density at radius 1 is 1.17 bits per heavy atom. The minimum Gasteiger partial charge on any atom is -0.481 e. The Balaban J connectivity index is 2.31. The molecule has 0 fully saturated rings. The van der Waals surface area contributed by atoms with E-state index in [0.29, 0.717) is 0 Å². The monoisotopic (exact) mass is 241 g/mol. The maximum Gasteiger partial charge on any atom is 0.307 e. The van der Waals surface area contributed by atoms with Crippen molar-refractivity contribution in [3.05, 3.63) is 53.2 Å². The molecule has 0 aliphatic rings.